The molecule has 0 amide bonds. The van der Waals surface area contributed by atoms with Gasteiger partial charge in [0.25, 0.3) is 0 Å². The maximum atomic E-state index is 3.70. The fourth-order valence-corrected chi connectivity index (χ4v) is 1.14. The SMILES string of the molecule is C=CC[C]1C=CCCC1. The van der Waals surface area contributed by atoms with Crippen molar-refractivity contribution in [2.24, 2.45) is 0 Å². The third-order valence-electron chi connectivity index (χ3n) is 1.63. The van der Waals surface area contributed by atoms with Crippen molar-refractivity contribution in [1.29, 1.82) is 0 Å². The zero-order valence-electron chi connectivity index (χ0n) is 5.77. The van der Waals surface area contributed by atoms with Gasteiger partial charge < -0.3 is 0 Å². The van der Waals surface area contributed by atoms with Crippen LogP contribution in [0.15, 0.2) is 24.8 Å². The highest BCUT2D eigenvalue weighted by Gasteiger charge is 2.05. The van der Waals surface area contributed by atoms with Gasteiger partial charge in [-0.1, -0.05) is 18.2 Å². The topological polar surface area (TPSA) is 0 Å². The molecule has 0 aliphatic heterocycles. The number of rotatable bonds is 2. The third kappa shape index (κ3) is 2.05. The first-order valence-corrected chi connectivity index (χ1v) is 3.55. The van der Waals surface area contributed by atoms with E-state index in [1.807, 2.05) is 6.08 Å². The predicted octanol–water partition coefficient (Wildman–Crippen LogP) is 2.88. The van der Waals surface area contributed by atoms with Crippen LogP contribution in [0.2, 0.25) is 0 Å². The minimum absolute atomic E-state index is 1.08. The highest BCUT2D eigenvalue weighted by Crippen LogP contribution is 2.21. The number of allylic oxidation sites excluding steroid dienone is 3. The molecule has 0 nitrogen and oxygen atoms in total. The molecule has 0 atom stereocenters. The van der Waals surface area contributed by atoms with Crippen LogP contribution in [-0.4, -0.2) is 0 Å². The highest BCUT2D eigenvalue weighted by atomic mass is 14.1. The van der Waals surface area contributed by atoms with E-state index in [1.54, 1.807) is 0 Å². The molecule has 9 heavy (non-hydrogen) atoms. The van der Waals surface area contributed by atoms with Gasteiger partial charge in [0.05, 0.1) is 0 Å². The highest BCUT2D eigenvalue weighted by molar-refractivity contribution is 5.15. The van der Waals surface area contributed by atoms with Gasteiger partial charge in [0.2, 0.25) is 0 Å². The first kappa shape index (κ1) is 6.60. The van der Waals surface area contributed by atoms with E-state index in [4.69, 9.17) is 0 Å². The van der Waals surface area contributed by atoms with E-state index in [2.05, 4.69) is 18.7 Å². The fourth-order valence-electron chi connectivity index (χ4n) is 1.14. The molecule has 0 saturated heterocycles. The molecule has 0 spiro atoms. The van der Waals surface area contributed by atoms with Gasteiger partial charge in [-0.3, -0.25) is 0 Å². The molecule has 0 aromatic rings. The van der Waals surface area contributed by atoms with Gasteiger partial charge in [0, 0.05) is 5.92 Å². The molecule has 1 aliphatic rings. The average Bonchev–Trinajstić information content (AvgIpc) is 1.91. The van der Waals surface area contributed by atoms with Crippen LogP contribution in [0, 0.1) is 5.92 Å². The zero-order chi connectivity index (χ0) is 6.53. The fraction of sp³-hybridized carbons (Fsp3) is 0.444. The minimum atomic E-state index is 1.08. The molecule has 1 aliphatic carbocycles. The summed E-state index contributed by atoms with van der Waals surface area (Å²) in [5, 5.41) is 0. The molecule has 0 aromatic carbocycles. The Balaban J connectivity index is 2.31. The predicted molar refractivity (Wildman–Crippen MR) is 41.0 cm³/mol. The normalized spacial score (nSPS) is 20.0. The lowest BCUT2D eigenvalue weighted by atomic mass is 9.93. The van der Waals surface area contributed by atoms with Gasteiger partial charge in [-0.15, -0.1) is 6.58 Å². The summed E-state index contributed by atoms with van der Waals surface area (Å²) in [4.78, 5) is 0. The Labute approximate surface area is 57.3 Å². The van der Waals surface area contributed by atoms with Crippen LogP contribution < -0.4 is 0 Å². The average molecular weight is 121 g/mol. The standard InChI is InChI=1S/C9H13/c1-2-6-9-7-4-3-5-8-9/h2,4,7H,1,3,5-6,8H2. The van der Waals surface area contributed by atoms with E-state index in [1.165, 1.54) is 25.2 Å². The van der Waals surface area contributed by atoms with Crippen LogP contribution >= 0.6 is 0 Å². The maximum Gasteiger partial charge on any atom is 0.00101 e. The first-order chi connectivity index (χ1) is 4.43. The van der Waals surface area contributed by atoms with Crippen LogP contribution in [0.5, 0.6) is 0 Å². The van der Waals surface area contributed by atoms with Gasteiger partial charge in [-0.25, -0.2) is 0 Å². The monoisotopic (exact) mass is 121 g/mol. The summed E-state index contributed by atoms with van der Waals surface area (Å²) in [6.45, 7) is 3.70. The van der Waals surface area contributed by atoms with E-state index in [9.17, 15) is 0 Å². The molecule has 0 heterocycles. The van der Waals surface area contributed by atoms with E-state index in [0.29, 0.717) is 0 Å². The summed E-state index contributed by atoms with van der Waals surface area (Å²) in [6, 6.07) is 0. The molecule has 1 radical (unpaired) electrons. The van der Waals surface area contributed by atoms with Crippen molar-refractivity contribution in [3.8, 4) is 0 Å². The first-order valence-electron chi connectivity index (χ1n) is 3.55. The van der Waals surface area contributed by atoms with Crippen molar-refractivity contribution < 1.29 is 0 Å². The summed E-state index contributed by atoms with van der Waals surface area (Å²) >= 11 is 0. The maximum absolute atomic E-state index is 3.70. The lowest BCUT2D eigenvalue weighted by Gasteiger charge is -2.12. The van der Waals surface area contributed by atoms with Gasteiger partial charge in [0.15, 0.2) is 0 Å². The van der Waals surface area contributed by atoms with E-state index in [-0.39, 0.29) is 0 Å². The Morgan fingerprint density at radius 1 is 1.67 bits per heavy atom. The quantitative estimate of drug-likeness (QED) is 0.493. The van der Waals surface area contributed by atoms with E-state index in [0.717, 1.165) is 6.42 Å². The summed E-state index contributed by atoms with van der Waals surface area (Å²) in [7, 11) is 0. The van der Waals surface area contributed by atoms with E-state index >= 15 is 0 Å². The molecule has 1 rings (SSSR count). The Morgan fingerprint density at radius 2 is 2.56 bits per heavy atom. The Kier molecular flexibility index (Phi) is 2.56. The second-order valence-corrected chi connectivity index (χ2v) is 2.45. The van der Waals surface area contributed by atoms with Crippen LogP contribution in [0.3, 0.4) is 0 Å². The summed E-state index contributed by atoms with van der Waals surface area (Å²) in [5.74, 6) is 1.54. The molecule has 0 unspecified atom stereocenters. The Morgan fingerprint density at radius 3 is 3.11 bits per heavy atom. The summed E-state index contributed by atoms with van der Waals surface area (Å²) < 4.78 is 0. The molecular formula is C9H13. The van der Waals surface area contributed by atoms with Crippen molar-refractivity contribution in [3.63, 3.8) is 0 Å². The van der Waals surface area contributed by atoms with Gasteiger partial charge >= 0.3 is 0 Å². The van der Waals surface area contributed by atoms with Crippen molar-refractivity contribution in [1.82, 2.24) is 0 Å². The van der Waals surface area contributed by atoms with Crippen LogP contribution in [0.4, 0.5) is 0 Å². The van der Waals surface area contributed by atoms with Crippen molar-refractivity contribution in [2.45, 2.75) is 25.7 Å². The van der Waals surface area contributed by atoms with Crippen LogP contribution in [-0.2, 0) is 0 Å². The largest absolute Gasteiger partial charge is 0.103 e. The Bertz CT molecular complexity index is 111. The molecule has 0 aromatic heterocycles. The Hall–Kier alpha value is -0.520. The summed E-state index contributed by atoms with van der Waals surface area (Å²) in [5.41, 5.74) is 0. The second kappa shape index (κ2) is 3.49. The molecule has 0 bridgehead atoms. The molecule has 0 heteroatoms. The van der Waals surface area contributed by atoms with Crippen molar-refractivity contribution >= 4 is 0 Å². The second-order valence-electron chi connectivity index (χ2n) is 2.45. The third-order valence-corrected chi connectivity index (χ3v) is 1.63. The lowest BCUT2D eigenvalue weighted by Crippen LogP contribution is -1.95. The molecule has 49 valence electrons. The van der Waals surface area contributed by atoms with Crippen molar-refractivity contribution in [3.05, 3.63) is 30.7 Å². The van der Waals surface area contributed by atoms with E-state index < -0.39 is 0 Å². The molecular weight excluding hydrogens is 108 g/mol. The molecule has 0 N–H and O–H groups in total. The molecule has 0 fully saturated rings. The van der Waals surface area contributed by atoms with Gasteiger partial charge in [0.1, 0.15) is 0 Å². The summed E-state index contributed by atoms with van der Waals surface area (Å²) in [6.07, 6.45) is 11.4. The smallest absolute Gasteiger partial charge is 0.00101 e. The molecule has 0 saturated carbocycles. The van der Waals surface area contributed by atoms with Crippen LogP contribution in [0.1, 0.15) is 25.7 Å². The minimum Gasteiger partial charge on any atom is -0.103 e. The number of hydrogen-bond acceptors (Lipinski definition) is 0. The van der Waals surface area contributed by atoms with Crippen molar-refractivity contribution in [2.75, 3.05) is 0 Å². The number of hydrogen-bond donors (Lipinski definition) is 0. The van der Waals surface area contributed by atoms with Gasteiger partial charge in [-0.05, 0) is 25.7 Å². The van der Waals surface area contributed by atoms with Crippen LogP contribution in [0.25, 0.3) is 0 Å². The van der Waals surface area contributed by atoms with Gasteiger partial charge in [-0.2, -0.15) is 0 Å². The lowest BCUT2D eigenvalue weighted by molar-refractivity contribution is 0.733. The zero-order valence-corrected chi connectivity index (χ0v) is 5.77.